The van der Waals surface area contributed by atoms with Crippen molar-refractivity contribution >= 4 is 34.2 Å². The van der Waals surface area contributed by atoms with Gasteiger partial charge in [0.2, 0.25) is 0 Å². The second kappa shape index (κ2) is 4.90. The van der Waals surface area contributed by atoms with Crippen LogP contribution in [0.1, 0.15) is 25.9 Å². The Bertz CT molecular complexity index is 789. The third-order valence-electron chi connectivity index (χ3n) is 2.97. The summed E-state index contributed by atoms with van der Waals surface area (Å²) in [6.07, 6.45) is 2.24. The predicted molar refractivity (Wildman–Crippen MR) is 77.6 cm³/mol. The molecule has 0 bridgehead atoms. The van der Waals surface area contributed by atoms with Gasteiger partial charge in [0, 0.05) is 11.4 Å². The van der Waals surface area contributed by atoms with Gasteiger partial charge in [0.1, 0.15) is 10.6 Å². The van der Waals surface area contributed by atoms with E-state index in [0.717, 1.165) is 17.7 Å². The molecule has 0 aliphatic carbocycles. The number of para-hydroxylation sites is 1. The van der Waals surface area contributed by atoms with Gasteiger partial charge in [-0.05, 0) is 19.1 Å². The molecule has 0 fully saturated rings. The lowest BCUT2D eigenvalue weighted by atomic mass is 10.3. The molecule has 0 saturated carbocycles. The first-order valence-electron chi connectivity index (χ1n) is 5.99. The molecule has 0 radical (unpaired) electrons. The lowest BCUT2D eigenvalue weighted by molar-refractivity contribution is 0.102. The highest BCUT2D eigenvalue weighted by atomic mass is 32.1. The maximum absolute atomic E-state index is 12.3. The molecular weight excluding hydrogens is 274 g/mol. The van der Waals surface area contributed by atoms with Crippen LogP contribution < -0.4 is 5.32 Å². The Labute approximate surface area is 118 Å². The molecule has 0 saturated heterocycles. The van der Waals surface area contributed by atoms with Crippen molar-refractivity contribution in [1.82, 2.24) is 9.38 Å². The van der Waals surface area contributed by atoms with Gasteiger partial charge in [-0.3, -0.25) is 14.0 Å². The number of anilines is 1. The Balaban J connectivity index is 1.98. The van der Waals surface area contributed by atoms with Crippen LogP contribution in [-0.4, -0.2) is 21.6 Å². The van der Waals surface area contributed by atoms with Crippen molar-refractivity contribution in [1.29, 1.82) is 0 Å². The number of aryl methyl sites for hydroxylation is 1. The van der Waals surface area contributed by atoms with Crippen molar-refractivity contribution in [3.05, 3.63) is 52.8 Å². The van der Waals surface area contributed by atoms with Gasteiger partial charge in [0.05, 0.1) is 6.20 Å². The highest BCUT2D eigenvalue weighted by Gasteiger charge is 2.18. The number of aldehydes is 1. The molecule has 2 aromatic heterocycles. The molecule has 5 nitrogen and oxygen atoms in total. The minimum Gasteiger partial charge on any atom is -0.321 e. The number of carbonyl (C=O) groups excluding carboxylic acids is 2. The number of imidazole rings is 1. The number of nitrogens with one attached hydrogen (secondary N) is 1. The zero-order valence-corrected chi connectivity index (χ0v) is 11.5. The van der Waals surface area contributed by atoms with E-state index in [1.54, 1.807) is 11.3 Å². The van der Waals surface area contributed by atoms with E-state index >= 15 is 0 Å². The molecular formula is C14H11N3O2S. The quantitative estimate of drug-likeness (QED) is 0.753. The van der Waals surface area contributed by atoms with E-state index in [1.807, 2.05) is 30.3 Å². The molecule has 3 rings (SSSR count). The third-order valence-corrected chi connectivity index (χ3v) is 4.13. The topological polar surface area (TPSA) is 63.5 Å². The van der Waals surface area contributed by atoms with E-state index in [-0.39, 0.29) is 5.91 Å². The normalized spacial score (nSPS) is 10.7. The Morgan fingerprint density at radius 3 is 2.80 bits per heavy atom. The average molecular weight is 285 g/mol. The van der Waals surface area contributed by atoms with E-state index in [2.05, 4.69) is 10.3 Å². The van der Waals surface area contributed by atoms with Crippen molar-refractivity contribution in [2.24, 2.45) is 0 Å². The van der Waals surface area contributed by atoms with E-state index in [4.69, 9.17) is 0 Å². The minimum atomic E-state index is -0.193. The molecule has 1 amide bonds. The second-order valence-electron chi connectivity index (χ2n) is 4.26. The first-order chi connectivity index (χ1) is 9.70. The van der Waals surface area contributed by atoms with Crippen LogP contribution in [0.5, 0.6) is 0 Å². The number of benzene rings is 1. The van der Waals surface area contributed by atoms with Crippen LogP contribution >= 0.6 is 11.3 Å². The van der Waals surface area contributed by atoms with Gasteiger partial charge in [-0.2, -0.15) is 0 Å². The van der Waals surface area contributed by atoms with Crippen LogP contribution in [0.4, 0.5) is 5.69 Å². The maximum atomic E-state index is 12.3. The summed E-state index contributed by atoms with van der Waals surface area (Å²) in [5.41, 5.74) is 1.91. The molecule has 0 unspecified atom stereocenters. The Morgan fingerprint density at radius 1 is 1.35 bits per heavy atom. The number of aromatic nitrogens is 2. The largest absolute Gasteiger partial charge is 0.321 e. The van der Waals surface area contributed by atoms with E-state index in [1.165, 1.54) is 17.5 Å². The zero-order valence-electron chi connectivity index (χ0n) is 10.7. The average Bonchev–Trinajstić information content (AvgIpc) is 3.00. The van der Waals surface area contributed by atoms with Gasteiger partial charge in [0.15, 0.2) is 11.2 Å². The zero-order chi connectivity index (χ0) is 14.1. The molecule has 0 aliphatic rings. The lowest BCUT2D eigenvalue weighted by Gasteiger charge is -2.03. The Hall–Kier alpha value is -2.47. The lowest BCUT2D eigenvalue weighted by Crippen LogP contribution is -2.12. The molecule has 2 heterocycles. The number of hydrogen-bond donors (Lipinski definition) is 1. The van der Waals surface area contributed by atoms with Crippen molar-refractivity contribution in [3.8, 4) is 0 Å². The summed E-state index contributed by atoms with van der Waals surface area (Å²) >= 11 is 1.27. The summed E-state index contributed by atoms with van der Waals surface area (Å²) in [7, 11) is 0. The number of nitrogens with zero attached hydrogens (tertiary/aromatic N) is 2. The number of hydrogen-bond acceptors (Lipinski definition) is 4. The number of amides is 1. The van der Waals surface area contributed by atoms with Gasteiger partial charge in [-0.25, -0.2) is 4.98 Å². The number of rotatable bonds is 3. The molecule has 20 heavy (non-hydrogen) atoms. The predicted octanol–water partition coefficient (Wildman–Crippen LogP) is 2.77. The summed E-state index contributed by atoms with van der Waals surface area (Å²) in [6.45, 7) is 1.80. The highest BCUT2D eigenvalue weighted by molar-refractivity contribution is 7.19. The molecule has 0 atom stereocenters. The highest BCUT2D eigenvalue weighted by Crippen LogP contribution is 2.24. The summed E-state index contributed by atoms with van der Waals surface area (Å²) < 4.78 is 1.69. The maximum Gasteiger partial charge on any atom is 0.267 e. The molecule has 1 N–H and O–H groups in total. The number of thiazole rings is 1. The molecule has 100 valence electrons. The van der Waals surface area contributed by atoms with Crippen molar-refractivity contribution in [3.63, 3.8) is 0 Å². The van der Waals surface area contributed by atoms with Crippen LogP contribution in [0, 0.1) is 6.92 Å². The van der Waals surface area contributed by atoms with E-state index < -0.39 is 0 Å². The van der Waals surface area contributed by atoms with Crippen LogP contribution in [0.25, 0.3) is 4.96 Å². The minimum absolute atomic E-state index is 0.193. The Morgan fingerprint density at radius 2 is 2.10 bits per heavy atom. The fourth-order valence-corrected chi connectivity index (χ4v) is 3.03. The number of carbonyl (C=O) groups is 2. The van der Waals surface area contributed by atoms with Crippen LogP contribution in [-0.2, 0) is 0 Å². The Kier molecular flexibility index (Phi) is 3.08. The first-order valence-corrected chi connectivity index (χ1v) is 6.81. The third kappa shape index (κ3) is 2.00. The molecule has 0 spiro atoms. The van der Waals surface area contributed by atoms with E-state index in [0.29, 0.717) is 15.5 Å². The standard InChI is InChI=1S/C14H11N3O2S/c1-9-12(13(19)16-10-5-3-2-4-6-10)20-14-15-7-11(8-18)17(9)14/h2-8H,1H3,(H,16,19). The van der Waals surface area contributed by atoms with Crippen LogP contribution in [0.3, 0.4) is 0 Å². The van der Waals surface area contributed by atoms with Gasteiger partial charge in [0.25, 0.3) is 5.91 Å². The first kappa shape index (κ1) is 12.6. The van der Waals surface area contributed by atoms with E-state index in [9.17, 15) is 9.59 Å². The number of fused-ring (bicyclic) bond motifs is 1. The summed E-state index contributed by atoms with van der Waals surface area (Å²) in [6, 6.07) is 9.24. The monoisotopic (exact) mass is 285 g/mol. The molecule has 1 aromatic carbocycles. The van der Waals surface area contributed by atoms with Crippen LogP contribution in [0.15, 0.2) is 36.5 Å². The van der Waals surface area contributed by atoms with Gasteiger partial charge in [-0.15, -0.1) is 0 Å². The van der Waals surface area contributed by atoms with Crippen molar-refractivity contribution in [2.75, 3.05) is 5.32 Å². The molecule has 3 aromatic rings. The summed E-state index contributed by atoms with van der Waals surface area (Å²) in [5.74, 6) is -0.193. The SMILES string of the molecule is Cc1c(C(=O)Nc2ccccc2)sc2ncc(C=O)n12. The van der Waals surface area contributed by atoms with Gasteiger partial charge >= 0.3 is 0 Å². The molecule has 6 heteroatoms. The smallest absolute Gasteiger partial charge is 0.267 e. The van der Waals surface area contributed by atoms with Crippen LogP contribution in [0.2, 0.25) is 0 Å². The summed E-state index contributed by atoms with van der Waals surface area (Å²) in [4.78, 5) is 28.5. The molecule has 0 aliphatic heterocycles. The van der Waals surface area contributed by atoms with Crippen molar-refractivity contribution < 1.29 is 9.59 Å². The fraction of sp³-hybridized carbons (Fsp3) is 0.0714. The summed E-state index contributed by atoms with van der Waals surface area (Å²) in [5, 5.41) is 2.83. The second-order valence-corrected chi connectivity index (χ2v) is 5.23. The van der Waals surface area contributed by atoms with Gasteiger partial charge in [-0.1, -0.05) is 29.5 Å². The fourth-order valence-electron chi connectivity index (χ4n) is 2.03. The van der Waals surface area contributed by atoms with Crippen molar-refractivity contribution in [2.45, 2.75) is 6.92 Å². The van der Waals surface area contributed by atoms with Gasteiger partial charge < -0.3 is 5.32 Å².